The van der Waals surface area contributed by atoms with Gasteiger partial charge in [-0.05, 0) is 46.6 Å². The molecule has 0 aromatic carbocycles. The van der Waals surface area contributed by atoms with Crippen LogP contribution in [0.1, 0.15) is 40.5 Å². The topological polar surface area (TPSA) is 77.5 Å². The fraction of sp³-hybridized carbons (Fsp3) is 0.643. The highest BCUT2D eigenvalue weighted by atomic mass is 32.2. The summed E-state index contributed by atoms with van der Waals surface area (Å²) in [5.74, 6) is 0. The Hall–Kier alpha value is -0.955. The molecule has 22 heavy (non-hydrogen) atoms. The van der Waals surface area contributed by atoms with Crippen LogP contribution in [0, 0.1) is 0 Å². The average Bonchev–Trinajstić information content (AvgIpc) is 3.16. The predicted octanol–water partition coefficient (Wildman–Crippen LogP) is 0.821. The van der Waals surface area contributed by atoms with Gasteiger partial charge in [-0.1, -0.05) is 0 Å². The lowest BCUT2D eigenvalue weighted by molar-refractivity contribution is 0.00578. The summed E-state index contributed by atoms with van der Waals surface area (Å²) in [4.78, 5) is 4.18. The van der Waals surface area contributed by atoms with Gasteiger partial charge in [-0.3, -0.25) is 4.98 Å². The summed E-state index contributed by atoms with van der Waals surface area (Å²) in [6.07, 6.45) is 4.71. The Balaban J connectivity index is 1.86. The molecular weight excluding hydrogens is 303 g/mol. The maximum Gasteiger partial charge on any atom is 0.496 e. The molecule has 1 saturated heterocycles. The third-order valence-electron chi connectivity index (χ3n) is 4.47. The van der Waals surface area contributed by atoms with Crippen molar-refractivity contribution >= 4 is 22.6 Å². The number of rotatable bonds is 4. The van der Waals surface area contributed by atoms with Crippen LogP contribution in [0.5, 0.6) is 0 Å². The van der Waals surface area contributed by atoms with Crippen LogP contribution in [0.4, 0.5) is 0 Å². The van der Waals surface area contributed by atoms with Gasteiger partial charge in [-0.25, -0.2) is 13.1 Å². The van der Waals surface area contributed by atoms with Crippen LogP contribution in [0.15, 0.2) is 23.4 Å². The van der Waals surface area contributed by atoms with Crippen LogP contribution in [-0.2, 0) is 19.3 Å². The molecule has 0 atom stereocenters. The zero-order valence-corrected chi connectivity index (χ0v) is 14.1. The van der Waals surface area contributed by atoms with E-state index in [1.54, 1.807) is 12.3 Å². The highest BCUT2D eigenvalue weighted by Gasteiger charge is 2.52. The summed E-state index contributed by atoms with van der Waals surface area (Å²) in [5.41, 5.74) is -0.338. The van der Waals surface area contributed by atoms with E-state index in [0.717, 1.165) is 12.8 Å². The van der Waals surface area contributed by atoms with Crippen molar-refractivity contribution in [3.05, 3.63) is 18.5 Å². The summed E-state index contributed by atoms with van der Waals surface area (Å²) in [6.45, 7) is 7.82. The molecule has 1 aromatic heterocycles. The van der Waals surface area contributed by atoms with Crippen molar-refractivity contribution in [2.24, 2.45) is 0 Å². The molecule has 0 spiro atoms. The number of nitrogens with one attached hydrogen (secondary N) is 1. The summed E-state index contributed by atoms with van der Waals surface area (Å²) in [6, 6.07) is 1.63. The molecule has 2 heterocycles. The van der Waals surface area contributed by atoms with E-state index in [1.807, 2.05) is 27.7 Å². The zero-order chi connectivity index (χ0) is 16.2. The van der Waals surface area contributed by atoms with Crippen LogP contribution in [0.3, 0.4) is 0 Å². The van der Waals surface area contributed by atoms with Crippen LogP contribution < -0.4 is 10.2 Å². The number of aromatic nitrogens is 1. The molecule has 3 rings (SSSR count). The van der Waals surface area contributed by atoms with Crippen molar-refractivity contribution < 1.29 is 17.7 Å². The standard InChI is InChI=1S/C14H21BN2O4S/c1-13(2)14(3,4)21-15(20-13)10-7-12(9-16-8-10)22(18,19)17-11-5-6-11/h7-9,11,17H,5-6H2,1-4H3. The van der Waals surface area contributed by atoms with Crippen LogP contribution in [0.2, 0.25) is 0 Å². The second kappa shape index (κ2) is 5.02. The van der Waals surface area contributed by atoms with Gasteiger partial charge in [0, 0.05) is 23.9 Å². The number of sulfonamides is 1. The first-order valence-electron chi connectivity index (χ1n) is 7.44. The van der Waals surface area contributed by atoms with Gasteiger partial charge in [0.15, 0.2) is 0 Å². The van der Waals surface area contributed by atoms with Gasteiger partial charge < -0.3 is 9.31 Å². The monoisotopic (exact) mass is 324 g/mol. The van der Waals surface area contributed by atoms with E-state index in [-0.39, 0.29) is 10.9 Å². The van der Waals surface area contributed by atoms with Crippen LogP contribution in [0.25, 0.3) is 0 Å². The molecule has 120 valence electrons. The third-order valence-corrected chi connectivity index (χ3v) is 5.96. The lowest BCUT2D eigenvalue weighted by Gasteiger charge is -2.32. The summed E-state index contributed by atoms with van der Waals surface area (Å²) >= 11 is 0. The fourth-order valence-corrected chi connectivity index (χ4v) is 3.48. The lowest BCUT2D eigenvalue weighted by atomic mass is 9.80. The minimum Gasteiger partial charge on any atom is -0.399 e. The number of pyridine rings is 1. The van der Waals surface area contributed by atoms with Gasteiger partial charge in [0.1, 0.15) is 0 Å². The Bertz CT molecular complexity index is 670. The molecule has 0 amide bonds. The first-order chi connectivity index (χ1) is 10.1. The van der Waals surface area contributed by atoms with E-state index in [9.17, 15) is 8.42 Å². The highest BCUT2D eigenvalue weighted by Crippen LogP contribution is 2.36. The Morgan fingerprint density at radius 2 is 1.77 bits per heavy atom. The van der Waals surface area contributed by atoms with Crippen molar-refractivity contribution in [2.75, 3.05) is 0 Å². The van der Waals surface area contributed by atoms with E-state index >= 15 is 0 Å². The Morgan fingerprint density at radius 1 is 1.18 bits per heavy atom. The van der Waals surface area contributed by atoms with Crippen molar-refractivity contribution in [1.82, 2.24) is 9.71 Å². The smallest absolute Gasteiger partial charge is 0.399 e. The molecular formula is C14H21BN2O4S. The van der Waals surface area contributed by atoms with Gasteiger partial charge >= 0.3 is 7.12 Å². The van der Waals surface area contributed by atoms with E-state index in [4.69, 9.17) is 9.31 Å². The minimum absolute atomic E-state index is 0.0607. The van der Waals surface area contributed by atoms with Crippen LogP contribution >= 0.6 is 0 Å². The molecule has 1 saturated carbocycles. The summed E-state index contributed by atoms with van der Waals surface area (Å²) in [5, 5.41) is 0. The molecule has 1 N–H and O–H groups in total. The third kappa shape index (κ3) is 2.93. The minimum atomic E-state index is -3.53. The number of hydrogen-bond acceptors (Lipinski definition) is 5. The highest BCUT2D eigenvalue weighted by molar-refractivity contribution is 7.89. The van der Waals surface area contributed by atoms with E-state index < -0.39 is 28.3 Å². The predicted molar refractivity (Wildman–Crippen MR) is 83.3 cm³/mol. The van der Waals surface area contributed by atoms with E-state index in [0.29, 0.717) is 5.46 Å². The Kier molecular flexibility index (Phi) is 3.64. The van der Waals surface area contributed by atoms with Crippen LogP contribution in [-0.4, -0.2) is 37.8 Å². The normalized spacial score (nSPS) is 23.7. The molecule has 2 aliphatic rings. The maximum absolute atomic E-state index is 12.3. The van der Waals surface area contributed by atoms with Crippen molar-refractivity contribution in [3.63, 3.8) is 0 Å². The molecule has 6 nitrogen and oxygen atoms in total. The van der Waals surface area contributed by atoms with Gasteiger partial charge in [-0.2, -0.15) is 0 Å². The first kappa shape index (κ1) is 15.9. The maximum atomic E-state index is 12.3. The molecule has 0 bridgehead atoms. The lowest BCUT2D eigenvalue weighted by Crippen LogP contribution is -2.41. The molecule has 1 aliphatic carbocycles. The van der Waals surface area contributed by atoms with Gasteiger partial charge in [-0.15, -0.1) is 0 Å². The molecule has 1 aromatic rings. The first-order valence-corrected chi connectivity index (χ1v) is 8.92. The van der Waals surface area contributed by atoms with Gasteiger partial charge in [0.25, 0.3) is 0 Å². The molecule has 8 heteroatoms. The summed E-state index contributed by atoms with van der Waals surface area (Å²) in [7, 11) is -4.15. The molecule has 0 radical (unpaired) electrons. The molecule has 2 fully saturated rings. The number of hydrogen-bond donors (Lipinski definition) is 1. The Labute approximate surface area is 131 Å². The van der Waals surface area contributed by atoms with Crippen molar-refractivity contribution in [3.8, 4) is 0 Å². The van der Waals surface area contributed by atoms with Crippen molar-refractivity contribution in [2.45, 2.75) is 62.7 Å². The van der Waals surface area contributed by atoms with E-state index in [1.165, 1.54) is 6.20 Å². The second-order valence-corrected chi connectivity index (χ2v) is 8.65. The molecule has 0 unspecified atom stereocenters. The quantitative estimate of drug-likeness (QED) is 0.830. The van der Waals surface area contributed by atoms with E-state index in [2.05, 4.69) is 9.71 Å². The van der Waals surface area contributed by atoms with Gasteiger partial charge in [0.05, 0.1) is 16.1 Å². The average molecular weight is 324 g/mol. The largest absolute Gasteiger partial charge is 0.496 e. The number of nitrogens with zero attached hydrogens (tertiary/aromatic N) is 1. The van der Waals surface area contributed by atoms with Gasteiger partial charge in [0.2, 0.25) is 10.0 Å². The second-order valence-electron chi connectivity index (χ2n) is 6.94. The Morgan fingerprint density at radius 3 is 2.32 bits per heavy atom. The zero-order valence-electron chi connectivity index (χ0n) is 13.3. The molecule has 1 aliphatic heterocycles. The fourth-order valence-electron chi connectivity index (χ4n) is 2.18. The summed E-state index contributed by atoms with van der Waals surface area (Å²) < 4.78 is 39.1. The SMILES string of the molecule is CC1(C)OB(c2cncc(S(=O)(=O)NC3CC3)c2)OC1(C)C. The van der Waals surface area contributed by atoms with Crippen molar-refractivity contribution in [1.29, 1.82) is 0 Å².